The van der Waals surface area contributed by atoms with Gasteiger partial charge in [-0.25, -0.2) is 4.57 Å². The lowest BCUT2D eigenvalue weighted by molar-refractivity contribution is 0.524. The van der Waals surface area contributed by atoms with Crippen LogP contribution in [-0.4, -0.2) is 4.89 Å². The number of rotatable bonds is 0. The summed E-state index contributed by atoms with van der Waals surface area (Å²) in [5, 5.41) is 0. The zero-order chi connectivity index (χ0) is 4.71. The third-order valence-corrected chi connectivity index (χ3v) is 0. The largest absolute Gasteiger partial charge is 0.324 e. The highest BCUT2D eigenvalue weighted by atomic mass is 31.1. The average Bonchev–Trinajstić information content (AvgIpc) is 1.46. The van der Waals surface area contributed by atoms with E-state index < -0.39 is 8.69 Å². The Morgan fingerprint density at radius 1 is 1.60 bits per heavy atom. The summed E-state index contributed by atoms with van der Waals surface area (Å²) in [6.45, 7) is 0. The molecule has 0 heterocycles. The Labute approximate surface area is 32.9 Å². The first kappa shape index (κ1) is 8.94. The van der Waals surface area contributed by atoms with Gasteiger partial charge in [-0.15, -0.1) is 0 Å². The van der Waals surface area contributed by atoms with E-state index in [0.717, 1.165) is 0 Å². The minimum atomic E-state index is -0.833. The Hall–Kier alpha value is 0.160. The van der Waals surface area contributed by atoms with Crippen LogP contribution in [0.25, 0.3) is 0 Å². The van der Waals surface area contributed by atoms with Crippen molar-refractivity contribution in [1.29, 1.82) is 0 Å². The summed E-state index contributed by atoms with van der Waals surface area (Å²) in [7, 11) is 0.889. The van der Waals surface area contributed by atoms with Crippen LogP contribution in [0.15, 0.2) is 0 Å². The van der Waals surface area contributed by atoms with Crippen LogP contribution in [-0.2, 0) is 9.13 Å². The standard InChI is InChI=1S/HO2P.HOP/c1-3-2;1-2/h(H,1,2);2H. The van der Waals surface area contributed by atoms with Gasteiger partial charge in [0, 0.05) is 0 Å². The van der Waals surface area contributed by atoms with Gasteiger partial charge in [-0.1, -0.05) is 0 Å². The third-order valence-electron chi connectivity index (χ3n) is 0. The molecule has 30 valence electrons. The summed E-state index contributed by atoms with van der Waals surface area (Å²) in [6.07, 6.45) is 0. The Morgan fingerprint density at radius 2 is 1.60 bits per heavy atom. The fourth-order valence-corrected chi connectivity index (χ4v) is 0. The first-order valence-electron chi connectivity index (χ1n) is 0.587. The highest BCUT2D eigenvalue weighted by Crippen LogP contribution is 1.66. The molecular weight excluding hydrogens is 110 g/mol. The van der Waals surface area contributed by atoms with Crippen molar-refractivity contribution in [2.24, 2.45) is 0 Å². The monoisotopic (exact) mass is 112 g/mol. The van der Waals surface area contributed by atoms with E-state index in [1.54, 1.807) is 9.12 Å². The van der Waals surface area contributed by atoms with E-state index in [1.165, 1.54) is 0 Å². The highest BCUT2D eigenvalue weighted by Gasteiger charge is 1.28. The van der Waals surface area contributed by atoms with Gasteiger partial charge in [0.05, 0.1) is 0 Å². The van der Waals surface area contributed by atoms with Gasteiger partial charge in [-0.05, 0) is 0 Å². The number of hydrogen-bond donors (Lipinski definition) is 1. The second kappa shape index (κ2) is 30.9. The van der Waals surface area contributed by atoms with Gasteiger partial charge in [-0.3, -0.25) is 4.57 Å². The predicted molar refractivity (Wildman–Crippen MR) is 18.8 cm³/mol. The van der Waals surface area contributed by atoms with E-state index >= 15 is 0 Å². The summed E-state index contributed by atoms with van der Waals surface area (Å²) in [4.78, 5) is 6.99. The molecule has 0 aromatic rings. The van der Waals surface area contributed by atoms with Crippen molar-refractivity contribution in [2.45, 2.75) is 0 Å². The van der Waals surface area contributed by atoms with Crippen LogP contribution in [0.5, 0.6) is 0 Å². The van der Waals surface area contributed by atoms with Crippen molar-refractivity contribution in [2.75, 3.05) is 0 Å². The van der Waals surface area contributed by atoms with Crippen LogP contribution in [0.4, 0.5) is 0 Å². The summed E-state index contributed by atoms with van der Waals surface area (Å²) in [6, 6.07) is 0. The Balaban J connectivity index is 0. The Bertz CT molecular complexity index is 18.9. The molecule has 3 nitrogen and oxygen atoms in total. The second-order valence-corrected chi connectivity index (χ2v) is 0.245. The SMILES string of the molecule is O=P.O=PO. The molecule has 0 unspecified atom stereocenters. The molecule has 0 aromatic carbocycles. The van der Waals surface area contributed by atoms with Crippen molar-refractivity contribution in [3.8, 4) is 0 Å². The van der Waals surface area contributed by atoms with Gasteiger partial charge in [0.15, 0.2) is 0 Å². The molecule has 0 bridgehead atoms. The molecule has 0 atom stereocenters. The van der Waals surface area contributed by atoms with E-state index in [4.69, 9.17) is 14.0 Å². The molecule has 0 aliphatic heterocycles. The summed E-state index contributed by atoms with van der Waals surface area (Å²) < 4.78 is 16.5. The molecule has 0 aromatic heterocycles. The molecule has 0 radical (unpaired) electrons. The molecule has 0 aliphatic carbocycles. The first-order valence-corrected chi connectivity index (χ1v) is 1.76. The van der Waals surface area contributed by atoms with Gasteiger partial charge in [-0.2, -0.15) is 0 Å². The van der Waals surface area contributed by atoms with Crippen molar-refractivity contribution < 1.29 is 14.0 Å². The van der Waals surface area contributed by atoms with E-state index in [1.807, 2.05) is 0 Å². The van der Waals surface area contributed by atoms with Crippen LogP contribution in [0.2, 0.25) is 0 Å². The fraction of sp³-hybridized carbons (Fsp3) is 0. The summed E-state index contributed by atoms with van der Waals surface area (Å²) in [5.41, 5.74) is 0. The molecule has 0 fully saturated rings. The van der Waals surface area contributed by atoms with Crippen molar-refractivity contribution >= 4 is 17.8 Å². The molecule has 0 aliphatic rings. The molecule has 0 saturated carbocycles. The van der Waals surface area contributed by atoms with E-state index in [9.17, 15) is 0 Å². The lowest BCUT2D eigenvalue weighted by atomic mass is 15.9. The van der Waals surface area contributed by atoms with Crippen LogP contribution < -0.4 is 0 Å². The maximum atomic E-state index is 8.46. The molecule has 1 N–H and O–H groups in total. The van der Waals surface area contributed by atoms with Crippen LogP contribution in [0.3, 0.4) is 0 Å². The molecule has 0 saturated heterocycles. The van der Waals surface area contributed by atoms with Gasteiger partial charge < -0.3 is 4.89 Å². The summed E-state index contributed by atoms with van der Waals surface area (Å²) >= 11 is 0. The topological polar surface area (TPSA) is 54.4 Å². The zero-order valence-corrected chi connectivity index (χ0v) is 4.11. The smallest absolute Gasteiger partial charge is 0.310 e. The second-order valence-electron chi connectivity index (χ2n) is 0.0816. The van der Waals surface area contributed by atoms with Gasteiger partial charge in [0.25, 0.3) is 0 Å². The molecule has 5 heteroatoms. The van der Waals surface area contributed by atoms with E-state index in [-0.39, 0.29) is 0 Å². The Kier molecular flexibility index (Phi) is 55.2. The molecular formula is H2O3P2. The van der Waals surface area contributed by atoms with Gasteiger partial charge >= 0.3 is 8.69 Å². The van der Waals surface area contributed by atoms with Crippen molar-refractivity contribution in [1.82, 2.24) is 0 Å². The minimum Gasteiger partial charge on any atom is -0.310 e. The average molecular weight is 112 g/mol. The molecule has 5 heavy (non-hydrogen) atoms. The maximum Gasteiger partial charge on any atom is 0.324 e. The van der Waals surface area contributed by atoms with E-state index in [2.05, 4.69) is 0 Å². The molecule has 0 spiro atoms. The fourth-order valence-electron chi connectivity index (χ4n) is 0. The van der Waals surface area contributed by atoms with Crippen molar-refractivity contribution in [3.05, 3.63) is 0 Å². The lowest BCUT2D eigenvalue weighted by Gasteiger charge is -1.24. The van der Waals surface area contributed by atoms with E-state index in [0.29, 0.717) is 0 Å². The molecule has 0 rings (SSSR count). The lowest BCUT2D eigenvalue weighted by Crippen LogP contribution is -1.03. The highest BCUT2D eigenvalue weighted by molar-refractivity contribution is 7.16. The maximum absolute atomic E-state index is 8.46. The first-order chi connectivity index (χ1) is 2.41. The predicted octanol–water partition coefficient (Wildman–Crippen LogP) is 0.660. The van der Waals surface area contributed by atoms with Gasteiger partial charge in [0.2, 0.25) is 0 Å². The Morgan fingerprint density at radius 3 is 1.60 bits per heavy atom. The van der Waals surface area contributed by atoms with Gasteiger partial charge in [0.1, 0.15) is 9.12 Å². The summed E-state index contributed by atoms with van der Waals surface area (Å²) in [5.74, 6) is 0. The van der Waals surface area contributed by atoms with Crippen LogP contribution in [0, 0.1) is 0 Å². The van der Waals surface area contributed by atoms with Crippen molar-refractivity contribution in [3.63, 3.8) is 0 Å². The third kappa shape index (κ3) is 758. The zero-order valence-electron chi connectivity index (χ0n) is 2.21. The normalized spacial score (nSPS) is 5.00. The van der Waals surface area contributed by atoms with Crippen LogP contribution >= 0.6 is 17.8 Å². The van der Waals surface area contributed by atoms with Crippen LogP contribution in [0.1, 0.15) is 0 Å². The molecule has 0 amide bonds. The minimum absolute atomic E-state index is 0.833. The number of hydrogen-bond acceptors (Lipinski definition) is 2. The quantitative estimate of drug-likeness (QED) is 0.468.